The van der Waals surface area contributed by atoms with Gasteiger partial charge in [-0.25, -0.2) is 0 Å². The van der Waals surface area contributed by atoms with Gasteiger partial charge < -0.3 is 5.32 Å². The molecule has 0 aromatic rings. The molecule has 1 heteroatoms. The van der Waals surface area contributed by atoms with Crippen molar-refractivity contribution in [3.8, 4) is 0 Å². The van der Waals surface area contributed by atoms with Crippen molar-refractivity contribution < 1.29 is 0 Å². The lowest BCUT2D eigenvalue weighted by molar-refractivity contribution is 0.368. The van der Waals surface area contributed by atoms with Crippen LogP contribution in [0.3, 0.4) is 0 Å². The smallest absolute Gasteiger partial charge is 0.00926 e. The van der Waals surface area contributed by atoms with Gasteiger partial charge in [0.05, 0.1) is 0 Å². The zero-order chi connectivity index (χ0) is 9.56. The molecule has 72 valence electrons. The van der Waals surface area contributed by atoms with Crippen LogP contribution in [0.5, 0.6) is 0 Å². The summed E-state index contributed by atoms with van der Waals surface area (Å²) in [5.41, 5.74) is 1.29. The molecule has 0 amide bonds. The van der Waals surface area contributed by atoms with E-state index in [4.69, 9.17) is 0 Å². The zero-order valence-corrected chi connectivity index (χ0v) is 8.98. The molecular weight excluding hydrogens is 146 g/mol. The fraction of sp³-hybridized carbons (Fsp3) is 0.818. The second kappa shape index (κ2) is 6.24. The van der Waals surface area contributed by atoms with Crippen LogP contribution < -0.4 is 5.32 Å². The highest BCUT2D eigenvalue weighted by Gasteiger charge is 2.12. The van der Waals surface area contributed by atoms with Gasteiger partial charge in [-0.1, -0.05) is 25.8 Å². The summed E-state index contributed by atoms with van der Waals surface area (Å²) in [7, 11) is 2.05. The lowest BCUT2D eigenvalue weighted by Gasteiger charge is -2.22. The van der Waals surface area contributed by atoms with E-state index in [1.165, 1.54) is 18.4 Å². The molecule has 0 bridgehead atoms. The molecule has 1 N–H and O–H groups in total. The Balaban J connectivity index is 3.74. The van der Waals surface area contributed by atoms with Crippen molar-refractivity contribution in [2.75, 3.05) is 7.05 Å². The molecule has 0 aromatic heterocycles. The van der Waals surface area contributed by atoms with Crippen molar-refractivity contribution in [2.24, 2.45) is 5.92 Å². The second-order valence-corrected chi connectivity index (χ2v) is 3.78. The third kappa shape index (κ3) is 4.55. The molecule has 0 aliphatic rings. The summed E-state index contributed by atoms with van der Waals surface area (Å²) in [6, 6.07) is 0.659. The summed E-state index contributed by atoms with van der Waals surface area (Å²) in [6.07, 6.45) is 3.62. The molecule has 2 unspecified atom stereocenters. The first-order valence-electron chi connectivity index (χ1n) is 4.93. The minimum absolute atomic E-state index is 0.659. The molecular formula is C11H23N. The Bertz CT molecular complexity index is 129. The van der Waals surface area contributed by atoms with E-state index in [1.807, 2.05) is 0 Å². The first kappa shape index (κ1) is 11.7. The number of allylic oxidation sites excluding steroid dienone is 1. The van der Waals surface area contributed by atoms with Gasteiger partial charge in [-0.2, -0.15) is 0 Å². The Morgan fingerprint density at radius 1 is 1.50 bits per heavy atom. The molecule has 0 aliphatic carbocycles. The van der Waals surface area contributed by atoms with Gasteiger partial charge in [-0.15, -0.1) is 6.58 Å². The van der Waals surface area contributed by atoms with Crippen LogP contribution in [0, 0.1) is 5.92 Å². The predicted molar refractivity (Wildman–Crippen MR) is 56.4 cm³/mol. The Hall–Kier alpha value is -0.300. The number of rotatable bonds is 6. The maximum absolute atomic E-state index is 3.92. The second-order valence-electron chi connectivity index (χ2n) is 3.78. The normalized spacial score (nSPS) is 15.7. The molecule has 1 nitrogen and oxygen atoms in total. The van der Waals surface area contributed by atoms with Crippen molar-refractivity contribution in [2.45, 2.75) is 46.1 Å². The fourth-order valence-electron chi connectivity index (χ4n) is 1.40. The summed E-state index contributed by atoms with van der Waals surface area (Å²) >= 11 is 0. The van der Waals surface area contributed by atoms with Gasteiger partial charge in [0.15, 0.2) is 0 Å². The summed E-state index contributed by atoms with van der Waals surface area (Å²) in [5, 5.41) is 3.37. The van der Waals surface area contributed by atoms with Crippen LogP contribution in [0.4, 0.5) is 0 Å². The van der Waals surface area contributed by atoms with Gasteiger partial charge in [0, 0.05) is 6.04 Å². The summed E-state index contributed by atoms with van der Waals surface area (Å²) in [5.74, 6) is 0.773. The molecule has 0 saturated heterocycles. The Morgan fingerprint density at radius 2 is 2.08 bits per heavy atom. The van der Waals surface area contributed by atoms with Crippen LogP contribution >= 0.6 is 0 Å². The minimum atomic E-state index is 0.659. The van der Waals surface area contributed by atoms with E-state index in [1.54, 1.807) is 0 Å². The standard InChI is InChI=1S/C11H23N/c1-6-10(4)11(12-5)8-7-9(2)3/h10-12H,2,6-8H2,1,3-5H3. The van der Waals surface area contributed by atoms with Crippen molar-refractivity contribution in [3.05, 3.63) is 12.2 Å². The first-order valence-corrected chi connectivity index (χ1v) is 4.93. The molecule has 2 atom stereocenters. The number of nitrogens with one attached hydrogen (secondary N) is 1. The van der Waals surface area contributed by atoms with Crippen LogP contribution in [0.2, 0.25) is 0 Å². The molecule has 12 heavy (non-hydrogen) atoms. The van der Waals surface area contributed by atoms with Crippen molar-refractivity contribution in [1.29, 1.82) is 0 Å². The molecule has 0 fully saturated rings. The Kier molecular flexibility index (Phi) is 6.09. The van der Waals surface area contributed by atoms with E-state index in [0.717, 1.165) is 12.3 Å². The molecule has 0 spiro atoms. The molecule has 0 radical (unpaired) electrons. The van der Waals surface area contributed by atoms with Gasteiger partial charge in [0.25, 0.3) is 0 Å². The van der Waals surface area contributed by atoms with Gasteiger partial charge in [-0.3, -0.25) is 0 Å². The first-order chi connectivity index (χ1) is 5.61. The van der Waals surface area contributed by atoms with E-state index in [0.29, 0.717) is 6.04 Å². The Morgan fingerprint density at radius 3 is 2.42 bits per heavy atom. The largest absolute Gasteiger partial charge is 0.317 e. The Labute approximate surface area is 77.2 Å². The summed E-state index contributed by atoms with van der Waals surface area (Å²) in [4.78, 5) is 0. The lowest BCUT2D eigenvalue weighted by atomic mass is 9.94. The third-order valence-corrected chi connectivity index (χ3v) is 2.58. The van der Waals surface area contributed by atoms with Crippen molar-refractivity contribution in [1.82, 2.24) is 5.32 Å². The average Bonchev–Trinajstić information content (AvgIpc) is 2.04. The topological polar surface area (TPSA) is 12.0 Å². The van der Waals surface area contributed by atoms with E-state index in [9.17, 15) is 0 Å². The van der Waals surface area contributed by atoms with Crippen molar-refractivity contribution >= 4 is 0 Å². The summed E-state index contributed by atoms with van der Waals surface area (Å²) in [6.45, 7) is 10.6. The number of hydrogen-bond acceptors (Lipinski definition) is 1. The highest BCUT2D eigenvalue weighted by atomic mass is 14.9. The zero-order valence-electron chi connectivity index (χ0n) is 8.98. The van der Waals surface area contributed by atoms with E-state index in [-0.39, 0.29) is 0 Å². The predicted octanol–water partition coefficient (Wildman–Crippen LogP) is 2.98. The van der Waals surface area contributed by atoms with Crippen LogP contribution in [-0.2, 0) is 0 Å². The van der Waals surface area contributed by atoms with E-state index < -0.39 is 0 Å². The van der Waals surface area contributed by atoms with Gasteiger partial charge >= 0.3 is 0 Å². The van der Waals surface area contributed by atoms with Crippen LogP contribution in [0.15, 0.2) is 12.2 Å². The minimum Gasteiger partial charge on any atom is -0.317 e. The van der Waals surface area contributed by atoms with Crippen LogP contribution in [-0.4, -0.2) is 13.1 Å². The number of hydrogen-bond donors (Lipinski definition) is 1. The van der Waals surface area contributed by atoms with E-state index >= 15 is 0 Å². The SMILES string of the molecule is C=C(C)CCC(NC)C(C)CC. The van der Waals surface area contributed by atoms with Crippen molar-refractivity contribution in [3.63, 3.8) is 0 Å². The maximum atomic E-state index is 3.92. The van der Waals surface area contributed by atoms with Crippen LogP contribution in [0.25, 0.3) is 0 Å². The van der Waals surface area contributed by atoms with Gasteiger partial charge in [0.1, 0.15) is 0 Å². The molecule has 0 saturated carbocycles. The maximum Gasteiger partial charge on any atom is 0.00926 e. The molecule has 0 heterocycles. The monoisotopic (exact) mass is 169 g/mol. The quantitative estimate of drug-likeness (QED) is 0.603. The van der Waals surface area contributed by atoms with Gasteiger partial charge in [0.2, 0.25) is 0 Å². The molecule has 0 aliphatic heterocycles. The highest BCUT2D eigenvalue weighted by Crippen LogP contribution is 2.14. The third-order valence-electron chi connectivity index (χ3n) is 2.58. The summed E-state index contributed by atoms with van der Waals surface area (Å²) < 4.78 is 0. The van der Waals surface area contributed by atoms with Crippen LogP contribution in [0.1, 0.15) is 40.0 Å². The fourth-order valence-corrected chi connectivity index (χ4v) is 1.40. The molecule has 0 rings (SSSR count). The molecule has 0 aromatic carbocycles. The highest BCUT2D eigenvalue weighted by molar-refractivity contribution is 4.89. The lowest BCUT2D eigenvalue weighted by Crippen LogP contribution is -2.31. The van der Waals surface area contributed by atoms with E-state index in [2.05, 4.69) is 39.7 Å². The van der Waals surface area contributed by atoms with Gasteiger partial charge in [-0.05, 0) is 32.7 Å². The average molecular weight is 169 g/mol.